The molecule has 5 N–H and O–H groups in total. The van der Waals surface area contributed by atoms with Crippen molar-refractivity contribution >= 4 is 28.8 Å². The van der Waals surface area contributed by atoms with E-state index in [9.17, 15) is 14.7 Å². The number of methoxy groups -OCH3 is 1. The predicted molar refractivity (Wildman–Crippen MR) is 166 cm³/mol. The molecule has 0 radical (unpaired) electrons. The molecule has 9 nitrogen and oxygen atoms in total. The number of aryl methyl sites for hydroxylation is 1. The zero-order valence-electron chi connectivity index (χ0n) is 24.0. The van der Waals surface area contributed by atoms with Gasteiger partial charge in [-0.3, -0.25) is 9.59 Å². The van der Waals surface area contributed by atoms with Crippen LogP contribution in [0.3, 0.4) is 0 Å². The average Bonchev–Trinajstić information content (AvgIpc) is 3.40. The van der Waals surface area contributed by atoms with Crippen LogP contribution in [-0.2, 0) is 19.5 Å². The normalized spacial score (nSPS) is 12.4. The third kappa shape index (κ3) is 8.62. The zero-order chi connectivity index (χ0) is 30.1. The lowest BCUT2D eigenvalue weighted by molar-refractivity contribution is 0.0785. The molecule has 1 aromatic heterocycles. The molecule has 0 saturated carbocycles. The van der Waals surface area contributed by atoms with Crippen LogP contribution < -0.4 is 21.1 Å². The highest BCUT2D eigenvalue weighted by atomic mass is 32.1. The van der Waals surface area contributed by atoms with Crippen LogP contribution in [0.25, 0.3) is 0 Å². The molecule has 42 heavy (non-hydrogen) atoms. The predicted octanol–water partition coefficient (Wildman–Crippen LogP) is 3.81. The Bertz CT molecular complexity index is 1490. The minimum Gasteiger partial charge on any atom is -0.497 e. The van der Waals surface area contributed by atoms with Crippen molar-refractivity contribution in [1.82, 2.24) is 20.5 Å². The van der Waals surface area contributed by atoms with Gasteiger partial charge in [0.05, 0.1) is 25.8 Å². The molecule has 2 amide bonds. The maximum Gasteiger partial charge on any atom is 0.254 e. The molecule has 0 aliphatic rings. The Morgan fingerprint density at radius 2 is 1.79 bits per heavy atom. The number of rotatable bonds is 13. The van der Waals surface area contributed by atoms with Crippen molar-refractivity contribution in [1.29, 1.82) is 0 Å². The Labute approximate surface area is 250 Å². The smallest absolute Gasteiger partial charge is 0.254 e. The van der Waals surface area contributed by atoms with E-state index < -0.39 is 18.1 Å². The number of carbonyl (C=O) groups is 2. The van der Waals surface area contributed by atoms with Crippen LogP contribution in [0, 0.1) is 6.92 Å². The van der Waals surface area contributed by atoms with Gasteiger partial charge in [0.25, 0.3) is 11.8 Å². The van der Waals surface area contributed by atoms with E-state index in [1.165, 1.54) is 23.5 Å². The van der Waals surface area contributed by atoms with Crippen LogP contribution in [0.15, 0.2) is 78.2 Å². The fraction of sp³-hybridized carbons (Fsp3) is 0.281. The maximum atomic E-state index is 13.5. The Morgan fingerprint density at radius 3 is 2.50 bits per heavy atom. The minimum absolute atomic E-state index is 0.242. The summed E-state index contributed by atoms with van der Waals surface area (Å²) in [5.74, 6) is 0.0580. The van der Waals surface area contributed by atoms with E-state index in [1.807, 2.05) is 66.9 Å². The summed E-state index contributed by atoms with van der Waals surface area (Å²) < 4.78 is 5.29. The molecule has 0 aliphatic heterocycles. The number of aromatic nitrogens is 1. The molecule has 4 rings (SSSR count). The average molecular weight is 588 g/mol. The van der Waals surface area contributed by atoms with Crippen LogP contribution in [0.1, 0.15) is 42.5 Å². The molecule has 220 valence electrons. The topological polar surface area (TPSA) is 130 Å². The number of hydrogen-bond acceptors (Lipinski definition) is 8. The van der Waals surface area contributed by atoms with Gasteiger partial charge in [-0.05, 0) is 54.8 Å². The van der Waals surface area contributed by atoms with Crippen molar-refractivity contribution in [2.24, 2.45) is 0 Å². The summed E-state index contributed by atoms with van der Waals surface area (Å²) in [5.41, 5.74) is 9.84. The molecular weight excluding hydrogens is 550 g/mol. The third-order valence-electron chi connectivity index (χ3n) is 6.75. The maximum absolute atomic E-state index is 13.5. The monoisotopic (exact) mass is 587 g/mol. The number of nitrogens with one attached hydrogen (secondary N) is 2. The largest absolute Gasteiger partial charge is 0.497 e. The summed E-state index contributed by atoms with van der Waals surface area (Å²) in [4.78, 5) is 32.6. The van der Waals surface area contributed by atoms with E-state index in [0.717, 1.165) is 27.6 Å². The van der Waals surface area contributed by atoms with Gasteiger partial charge in [-0.25, -0.2) is 4.98 Å². The first kappa shape index (κ1) is 30.7. The number of carbonyl (C=O) groups excluding carboxylic acids is 2. The van der Waals surface area contributed by atoms with Gasteiger partial charge in [-0.2, -0.15) is 0 Å². The summed E-state index contributed by atoms with van der Waals surface area (Å²) in [6.07, 6.45) is -0.478. The second-order valence-electron chi connectivity index (χ2n) is 10.2. The Morgan fingerprint density at radius 1 is 1.05 bits per heavy atom. The number of anilines is 1. The third-order valence-corrected chi connectivity index (χ3v) is 7.70. The van der Waals surface area contributed by atoms with Gasteiger partial charge in [0.2, 0.25) is 0 Å². The van der Waals surface area contributed by atoms with Crippen molar-refractivity contribution in [2.45, 2.75) is 38.6 Å². The fourth-order valence-corrected chi connectivity index (χ4v) is 5.39. The number of nitrogens with two attached hydrogens (primary N) is 1. The van der Waals surface area contributed by atoms with E-state index in [0.29, 0.717) is 30.8 Å². The van der Waals surface area contributed by atoms with Gasteiger partial charge >= 0.3 is 0 Å². The number of ether oxygens (including phenoxy) is 1. The second-order valence-corrected chi connectivity index (χ2v) is 11.1. The van der Waals surface area contributed by atoms with E-state index in [-0.39, 0.29) is 18.0 Å². The highest BCUT2D eigenvalue weighted by Gasteiger charge is 2.24. The molecule has 0 spiro atoms. The molecule has 10 heteroatoms. The Hall–Kier alpha value is -4.25. The van der Waals surface area contributed by atoms with Crippen LogP contribution in [0.2, 0.25) is 0 Å². The molecule has 0 saturated heterocycles. The van der Waals surface area contributed by atoms with E-state index >= 15 is 0 Å². The fourth-order valence-electron chi connectivity index (χ4n) is 4.57. The van der Waals surface area contributed by atoms with Crippen LogP contribution >= 0.6 is 11.3 Å². The number of hydrogen-bond donors (Lipinski definition) is 4. The summed E-state index contributed by atoms with van der Waals surface area (Å²) in [5, 5.41) is 20.2. The molecule has 0 unspecified atom stereocenters. The SMILES string of the molecule is COc1cccc(CNC[C@@H](O)[C@H](Cc2ccccc2)NC(=O)c2cc(N)cc(C(=O)N(C)Cc3nc(C)cs3)c2)c1. The molecular formula is C32H37N5O4S. The summed E-state index contributed by atoms with van der Waals surface area (Å²) in [7, 11) is 3.31. The number of nitrogen functional groups attached to an aromatic ring is 1. The summed E-state index contributed by atoms with van der Waals surface area (Å²) in [6.45, 7) is 3.02. The van der Waals surface area contributed by atoms with Gasteiger partial charge in [0.1, 0.15) is 10.8 Å². The molecule has 0 fully saturated rings. The zero-order valence-corrected chi connectivity index (χ0v) is 24.9. The lowest BCUT2D eigenvalue weighted by Crippen LogP contribution is -2.48. The lowest BCUT2D eigenvalue weighted by Gasteiger charge is -2.25. The minimum atomic E-state index is -0.894. The van der Waals surface area contributed by atoms with E-state index in [1.54, 1.807) is 25.1 Å². The van der Waals surface area contributed by atoms with Crippen molar-refractivity contribution in [3.63, 3.8) is 0 Å². The van der Waals surface area contributed by atoms with Gasteiger partial charge in [0.15, 0.2) is 0 Å². The number of benzene rings is 3. The van der Waals surface area contributed by atoms with E-state index in [4.69, 9.17) is 10.5 Å². The molecule has 1 heterocycles. The van der Waals surface area contributed by atoms with Crippen LogP contribution in [0.4, 0.5) is 5.69 Å². The van der Waals surface area contributed by atoms with Gasteiger partial charge in [-0.1, -0.05) is 42.5 Å². The Kier molecular flexibility index (Phi) is 10.7. The molecule has 2 atom stereocenters. The quantitative estimate of drug-likeness (QED) is 0.175. The van der Waals surface area contributed by atoms with Crippen molar-refractivity contribution < 1.29 is 19.4 Å². The second kappa shape index (κ2) is 14.6. The molecule has 3 aromatic carbocycles. The highest BCUT2D eigenvalue weighted by molar-refractivity contribution is 7.09. The molecule has 4 aromatic rings. The first-order valence-corrected chi connectivity index (χ1v) is 14.5. The van der Waals surface area contributed by atoms with Gasteiger partial charge < -0.3 is 31.1 Å². The van der Waals surface area contributed by atoms with Crippen LogP contribution in [0.5, 0.6) is 5.75 Å². The summed E-state index contributed by atoms with van der Waals surface area (Å²) >= 11 is 1.49. The van der Waals surface area contributed by atoms with Crippen molar-refractivity contribution in [3.8, 4) is 5.75 Å². The number of aliphatic hydroxyl groups is 1. The number of aliphatic hydroxyl groups excluding tert-OH is 1. The first-order chi connectivity index (χ1) is 20.2. The molecule has 0 aliphatic carbocycles. The standard InChI is InChI=1S/C32H37N5O4S/c1-21-20-42-30(35-21)19-37(2)32(40)25-14-24(15-26(33)16-25)31(39)36-28(13-22-8-5-4-6-9-22)29(38)18-34-17-23-10-7-11-27(12-23)41-3/h4-12,14-16,20,28-29,34,38H,13,17-19,33H2,1-3H3,(H,36,39)/t28-,29+/m0/s1. The lowest BCUT2D eigenvalue weighted by atomic mass is 10.00. The van der Waals surface area contributed by atoms with Gasteiger partial charge in [-0.15, -0.1) is 11.3 Å². The van der Waals surface area contributed by atoms with Crippen LogP contribution in [-0.4, -0.2) is 59.7 Å². The number of thiazole rings is 1. The highest BCUT2D eigenvalue weighted by Crippen LogP contribution is 2.18. The molecule has 0 bridgehead atoms. The Balaban J connectivity index is 1.46. The van der Waals surface area contributed by atoms with E-state index in [2.05, 4.69) is 15.6 Å². The number of amides is 2. The first-order valence-electron chi connectivity index (χ1n) is 13.7. The number of nitrogens with zero attached hydrogens (tertiary/aromatic N) is 2. The van der Waals surface area contributed by atoms with Gasteiger partial charge in [0, 0.05) is 48.0 Å². The van der Waals surface area contributed by atoms with Crippen molar-refractivity contribution in [3.05, 3.63) is 111 Å². The summed E-state index contributed by atoms with van der Waals surface area (Å²) in [6, 6.07) is 21.4. The van der Waals surface area contributed by atoms with Crippen molar-refractivity contribution in [2.75, 3.05) is 26.4 Å².